The molecule has 0 bridgehead atoms. The third-order valence-electron chi connectivity index (χ3n) is 4.54. The number of nitrogens with zero attached hydrogens (tertiary/aromatic N) is 2. The SMILES string of the molecule is COc1c(Cl)cc2c(=O)cc(-c3ccc(C=O)cc3)oc2c1-c1ccnn1C. The van der Waals surface area contributed by atoms with E-state index in [0.717, 1.165) is 6.29 Å². The molecule has 28 heavy (non-hydrogen) atoms. The Morgan fingerprint density at radius 1 is 1.18 bits per heavy atom. The fourth-order valence-corrected chi connectivity index (χ4v) is 3.44. The lowest BCUT2D eigenvalue weighted by Gasteiger charge is -2.14. The van der Waals surface area contributed by atoms with Gasteiger partial charge in [0.25, 0.3) is 0 Å². The minimum atomic E-state index is -0.233. The molecule has 0 aliphatic carbocycles. The molecule has 2 heterocycles. The van der Waals surface area contributed by atoms with Crippen LogP contribution in [0, 0.1) is 0 Å². The molecule has 0 saturated carbocycles. The van der Waals surface area contributed by atoms with Crippen LogP contribution >= 0.6 is 11.6 Å². The summed E-state index contributed by atoms with van der Waals surface area (Å²) in [5, 5.41) is 4.84. The van der Waals surface area contributed by atoms with Crippen molar-refractivity contribution in [2.75, 3.05) is 7.11 Å². The smallest absolute Gasteiger partial charge is 0.193 e. The predicted octanol–water partition coefficient (Wildman–Crippen LogP) is 4.34. The van der Waals surface area contributed by atoms with Gasteiger partial charge in [0, 0.05) is 30.4 Å². The van der Waals surface area contributed by atoms with E-state index in [-0.39, 0.29) is 5.43 Å². The molecule has 0 atom stereocenters. The maximum atomic E-state index is 12.8. The molecular weight excluding hydrogens is 380 g/mol. The molecule has 0 fully saturated rings. The minimum Gasteiger partial charge on any atom is -0.494 e. The summed E-state index contributed by atoms with van der Waals surface area (Å²) in [5.41, 5.74) is 2.58. The fourth-order valence-electron chi connectivity index (χ4n) is 3.16. The van der Waals surface area contributed by atoms with Crippen LogP contribution in [0.3, 0.4) is 0 Å². The molecule has 0 amide bonds. The van der Waals surface area contributed by atoms with Gasteiger partial charge in [-0.1, -0.05) is 35.9 Å². The van der Waals surface area contributed by atoms with Gasteiger partial charge in [-0.25, -0.2) is 0 Å². The Morgan fingerprint density at radius 2 is 1.93 bits per heavy atom. The summed E-state index contributed by atoms with van der Waals surface area (Å²) in [6.45, 7) is 0. The van der Waals surface area contributed by atoms with Gasteiger partial charge in [0.2, 0.25) is 0 Å². The third kappa shape index (κ3) is 2.88. The molecule has 0 saturated heterocycles. The lowest BCUT2D eigenvalue weighted by Crippen LogP contribution is -2.04. The Kier molecular flexibility index (Phi) is 4.49. The first-order chi connectivity index (χ1) is 13.5. The number of fused-ring (bicyclic) bond motifs is 1. The number of hydrogen-bond donors (Lipinski definition) is 0. The number of hydrogen-bond acceptors (Lipinski definition) is 5. The topological polar surface area (TPSA) is 74.3 Å². The van der Waals surface area contributed by atoms with E-state index >= 15 is 0 Å². The van der Waals surface area contributed by atoms with Crippen LogP contribution in [0.5, 0.6) is 5.75 Å². The summed E-state index contributed by atoms with van der Waals surface area (Å²) >= 11 is 6.37. The van der Waals surface area contributed by atoms with Gasteiger partial charge in [-0.15, -0.1) is 0 Å². The molecule has 0 unspecified atom stereocenters. The first-order valence-electron chi connectivity index (χ1n) is 8.42. The summed E-state index contributed by atoms with van der Waals surface area (Å²) in [7, 11) is 3.29. The predicted molar refractivity (Wildman–Crippen MR) is 107 cm³/mol. The van der Waals surface area contributed by atoms with Gasteiger partial charge < -0.3 is 9.15 Å². The Hall–Kier alpha value is -3.38. The second kappa shape index (κ2) is 6.98. The third-order valence-corrected chi connectivity index (χ3v) is 4.82. The zero-order valence-electron chi connectivity index (χ0n) is 15.1. The van der Waals surface area contributed by atoms with Crippen LogP contribution in [-0.2, 0) is 7.05 Å². The van der Waals surface area contributed by atoms with Crippen molar-refractivity contribution < 1.29 is 13.9 Å². The molecule has 140 valence electrons. The Labute approximate surface area is 164 Å². The molecule has 0 N–H and O–H groups in total. The quantitative estimate of drug-likeness (QED) is 0.481. The van der Waals surface area contributed by atoms with E-state index in [1.807, 2.05) is 0 Å². The largest absolute Gasteiger partial charge is 0.494 e. The lowest BCUT2D eigenvalue weighted by molar-refractivity contribution is 0.112. The van der Waals surface area contributed by atoms with E-state index in [0.29, 0.717) is 49.9 Å². The van der Waals surface area contributed by atoms with Crippen molar-refractivity contribution in [3.8, 4) is 28.3 Å². The summed E-state index contributed by atoms with van der Waals surface area (Å²) in [5.74, 6) is 0.775. The minimum absolute atomic E-state index is 0.233. The second-order valence-corrected chi connectivity index (χ2v) is 6.61. The normalized spacial score (nSPS) is 11.0. The van der Waals surface area contributed by atoms with Crippen molar-refractivity contribution in [1.82, 2.24) is 9.78 Å². The van der Waals surface area contributed by atoms with E-state index in [9.17, 15) is 9.59 Å². The number of aromatic nitrogens is 2. The van der Waals surface area contributed by atoms with E-state index < -0.39 is 0 Å². The van der Waals surface area contributed by atoms with Gasteiger partial charge >= 0.3 is 0 Å². The number of methoxy groups -OCH3 is 1. The number of halogens is 1. The summed E-state index contributed by atoms with van der Waals surface area (Å²) in [6.07, 6.45) is 2.40. The molecule has 6 nitrogen and oxygen atoms in total. The zero-order chi connectivity index (χ0) is 19.8. The lowest BCUT2D eigenvalue weighted by atomic mass is 10.0. The van der Waals surface area contributed by atoms with Crippen LogP contribution in [-0.4, -0.2) is 23.2 Å². The number of rotatable bonds is 4. The van der Waals surface area contributed by atoms with E-state index in [4.69, 9.17) is 20.8 Å². The number of aldehydes is 1. The molecule has 7 heteroatoms. The molecule has 4 aromatic rings. The molecule has 0 spiro atoms. The van der Waals surface area contributed by atoms with E-state index in [2.05, 4.69) is 5.10 Å². The number of carbonyl (C=O) groups is 1. The Morgan fingerprint density at radius 3 is 2.54 bits per heavy atom. The molecule has 2 aromatic heterocycles. The highest BCUT2D eigenvalue weighted by molar-refractivity contribution is 6.33. The Balaban J connectivity index is 2.07. The second-order valence-electron chi connectivity index (χ2n) is 6.20. The number of aryl methyl sites for hydroxylation is 1. The first-order valence-corrected chi connectivity index (χ1v) is 8.79. The maximum absolute atomic E-state index is 12.8. The number of carbonyl (C=O) groups excluding carboxylic acids is 1. The van der Waals surface area contributed by atoms with Crippen molar-refractivity contribution >= 4 is 28.9 Å². The molecule has 2 aromatic carbocycles. The van der Waals surface area contributed by atoms with Crippen LogP contribution in [0.25, 0.3) is 33.6 Å². The highest BCUT2D eigenvalue weighted by atomic mass is 35.5. The summed E-state index contributed by atoms with van der Waals surface area (Å²) in [6, 6.07) is 11.5. The highest BCUT2D eigenvalue weighted by Crippen LogP contribution is 2.42. The molecular formula is C21H15ClN2O4. The van der Waals surface area contributed by atoms with Gasteiger partial charge in [-0.3, -0.25) is 14.3 Å². The average molecular weight is 395 g/mol. The maximum Gasteiger partial charge on any atom is 0.193 e. The van der Waals surface area contributed by atoms with Gasteiger partial charge in [0.15, 0.2) is 16.8 Å². The molecule has 0 aliphatic rings. The number of benzene rings is 2. The van der Waals surface area contributed by atoms with Crippen molar-refractivity contribution in [2.24, 2.45) is 7.05 Å². The first kappa shape index (κ1) is 18.0. The van der Waals surface area contributed by atoms with Crippen molar-refractivity contribution in [2.45, 2.75) is 0 Å². The van der Waals surface area contributed by atoms with E-state index in [1.54, 1.807) is 54.3 Å². The van der Waals surface area contributed by atoms with Crippen LogP contribution in [0.15, 0.2) is 57.9 Å². The molecule has 4 rings (SSSR count). The molecule has 0 radical (unpaired) electrons. The van der Waals surface area contributed by atoms with Gasteiger partial charge in [-0.2, -0.15) is 5.10 Å². The van der Waals surface area contributed by atoms with Gasteiger partial charge in [-0.05, 0) is 12.1 Å². The zero-order valence-corrected chi connectivity index (χ0v) is 15.9. The fraction of sp³-hybridized carbons (Fsp3) is 0.0952. The Bertz CT molecular complexity index is 1260. The van der Waals surface area contributed by atoms with Crippen LogP contribution in [0.4, 0.5) is 0 Å². The van der Waals surface area contributed by atoms with Gasteiger partial charge in [0.05, 0.1) is 28.8 Å². The van der Waals surface area contributed by atoms with Crippen molar-refractivity contribution in [3.05, 3.63) is 69.5 Å². The number of ether oxygens (including phenoxy) is 1. The van der Waals surface area contributed by atoms with E-state index in [1.165, 1.54) is 13.2 Å². The van der Waals surface area contributed by atoms with Crippen LogP contribution in [0.1, 0.15) is 10.4 Å². The standard InChI is InChI=1S/C21H15ClN2O4/c1-24-16(7-8-23-24)19-20-14(9-15(22)21(19)27-2)17(26)10-18(28-20)13-5-3-12(11-25)4-6-13/h3-11H,1-2H3. The summed E-state index contributed by atoms with van der Waals surface area (Å²) < 4.78 is 13.3. The van der Waals surface area contributed by atoms with Crippen molar-refractivity contribution in [1.29, 1.82) is 0 Å². The monoisotopic (exact) mass is 394 g/mol. The highest BCUT2D eigenvalue weighted by Gasteiger charge is 2.22. The van der Waals surface area contributed by atoms with Crippen LogP contribution < -0.4 is 10.2 Å². The van der Waals surface area contributed by atoms with Crippen molar-refractivity contribution in [3.63, 3.8) is 0 Å². The van der Waals surface area contributed by atoms with Crippen LogP contribution in [0.2, 0.25) is 5.02 Å². The summed E-state index contributed by atoms with van der Waals surface area (Å²) in [4.78, 5) is 23.7. The average Bonchev–Trinajstić information content (AvgIpc) is 3.13. The van der Waals surface area contributed by atoms with Gasteiger partial charge in [0.1, 0.15) is 12.0 Å². The molecule has 0 aliphatic heterocycles.